The van der Waals surface area contributed by atoms with Gasteiger partial charge in [0, 0.05) is 16.8 Å². The highest BCUT2D eigenvalue weighted by Crippen LogP contribution is 2.30. The maximum atomic E-state index is 12.8. The van der Waals surface area contributed by atoms with Gasteiger partial charge in [-0.05, 0) is 54.6 Å². The summed E-state index contributed by atoms with van der Waals surface area (Å²) in [5.41, 5.74) is 7.33. The Labute approximate surface area is 197 Å². The molecule has 180 valence electrons. The highest BCUT2D eigenvalue weighted by atomic mass is 19.4. The number of ether oxygens (including phenoxy) is 2. The quantitative estimate of drug-likeness (QED) is 0.406. The molecule has 3 N–H and O–H groups in total. The number of nitrogens with one attached hydrogen (secondary N) is 1. The number of fused-ring (bicyclic) bond motifs is 1. The second kappa shape index (κ2) is 9.37. The van der Waals surface area contributed by atoms with Gasteiger partial charge in [0.25, 0.3) is 5.91 Å². The molecule has 3 aromatic carbocycles. The van der Waals surface area contributed by atoms with Gasteiger partial charge in [-0.3, -0.25) is 9.59 Å². The van der Waals surface area contributed by atoms with Crippen LogP contribution < -0.4 is 20.5 Å². The minimum Gasteiger partial charge on any atom is -0.497 e. The number of hydrogen-bond acceptors (Lipinski definition) is 5. The Morgan fingerprint density at radius 2 is 1.77 bits per heavy atom. The monoisotopic (exact) mass is 484 g/mol. The fourth-order valence-corrected chi connectivity index (χ4v) is 3.52. The van der Waals surface area contributed by atoms with E-state index in [1.165, 1.54) is 29.9 Å². The van der Waals surface area contributed by atoms with Crippen LogP contribution in [0, 0.1) is 0 Å². The number of anilines is 1. The molecule has 1 heterocycles. The summed E-state index contributed by atoms with van der Waals surface area (Å²) in [5.74, 6) is -0.675. The molecule has 35 heavy (non-hydrogen) atoms. The van der Waals surface area contributed by atoms with E-state index in [9.17, 15) is 22.8 Å². The van der Waals surface area contributed by atoms with Crippen molar-refractivity contribution in [1.29, 1.82) is 0 Å². The molecule has 0 aliphatic heterocycles. The number of rotatable bonds is 7. The highest BCUT2D eigenvalue weighted by molar-refractivity contribution is 6.06. The summed E-state index contributed by atoms with van der Waals surface area (Å²) in [5, 5.41) is 2.76. The van der Waals surface area contributed by atoms with Crippen LogP contribution >= 0.6 is 0 Å². The summed E-state index contributed by atoms with van der Waals surface area (Å²) in [7, 11) is 1.54. The van der Waals surface area contributed by atoms with Gasteiger partial charge in [0.1, 0.15) is 23.9 Å². The van der Waals surface area contributed by atoms with E-state index < -0.39 is 23.9 Å². The Morgan fingerprint density at radius 1 is 1.03 bits per heavy atom. The Hall–Kier alpha value is -4.54. The minimum absolute atomic E-state index is 0.194. The highest BCUT2D eigenvalue weighted by Gasteiger charge is 2.31. The molecule has 0 spiro atoms. The lowest BCUT2D eigenvalue weighted by molar-refractivity contribution is -0.274. The third kappa shape index (κ3) is 5.52. The van der Waals surface area contributed by atoms with Crippen LogP contribution in [-0.2, 0) is 11.3 Å². The number of nitrogens with zero attached hydrogens (tertiary/aromatic N) is 2. The van der Waals surface area contributed by atoms with Gasteiger partial charge in [0.05, 0.1) is 18.1 Å². The second-order valence-electron chi connectivity index (χ2n) is 7.45. The number of hydrogen-bond donors (Lipinski definition) is 2. The zero-order valence-corrected chi connectivity index (χ0v) is 18.3. The SMILES string of the molecule is COc1ccc(NC(=O)c2ccc3c(c2)nc(-c2cccc(OC(F)(F)F)c2)n3CC(N)=O)cc1. The van der Waals surface area contributed by atoms with E-state index in [2.05, 4.69) is 15.0 Å². The van der Waals surface area contributed by atoms with E-state index in [0.717, 1.165) is 12.1 Å². The molecule has 4 rings (SSSR count). The molecule has 11 heteroatoms. The van der Waals surface area contributed by atoms with Crippen LogP contribution in [0.4, 0.5) is 18.9 Å². The molecule has 2 amide bonds. The largest absolute Gasteiger partial charge is 0.573 e. The predicted octanol–water partition coefficient (Wildman–Crippen LogP) is 4.35. The van der Waals surface area contributed by atoms with E-state index in [0.29, 0.717) is 22.5 Å². The third-order valence-electron chi connectivity index (χ3n) is 5.00. The van der Waals surface area contributed by atoms with Crippen LogP contribution in [0.1, 0.15) is 10.4 Å². The first-order chi connectivity index (χ1) is 16.6. The number of nitrogens with two attached hydrogens (primary N) is 1. The normalized spacial score (nSPS) is 11.3. The van der Waals surface area contributed by atoms with Crippen molar-refractivity contribution in [1.82, 2.24) is 9.55 Å². The Bertz CT molecular complexity index is 1400. The van der Waals surface area contributed by atoms with Crippen molar-refractivity contribution < 1.29 is 32.2 Å². The first kappa shape index (κ1) is 23.6. The zero-order valence-electron chi connectivity index (χ0n) is 18.3. The fourth-order valence-electron chi connectivity index (χ4n) is 3.52. The molecule has 0 fully saturated rings. The molecule has 4 aromatic rings. The van der Waals surface area contributed by atoms with Crippen molar-refractivity contribution in [3.8, 4) is 22.9 Å². The smallest absolute Gasteiger partial charge is 0.497 e. The number of methoxy groups -OCH3 is 1. The lowest BCUT2D eigenvalue weighted by Crippen LogP contribution is -2.19. The van der Waals surface area contributed by atoms with Gasteiger partial charge in [-0.2, -0.15) is 0 Å². The number of primary amides is 1. The molecule has 0 unspecified atom stereocenters. The Kier molecular flexibility index (Phi) is 6.32. The van der Waals surface area contributed by atoms with E-state index in [1.54, 1.807) is 36.4 Å². The van der Waals surface area contributed by atoms with E-state index in [-0.39, 0.29) is 23.5 Å². The fraction of sp³-hybridized carbons (Fsp3) is 0.125. The van der Waals surface area contributed by atoms with Crippen molar-refractivity contribution in [2.24, 2.45) is 5.73 Å². The lowest BCUT2D eigenvalue weighted by Gasteiger charge is -2.11. The van der Waals surface area contributed by atoms with Gasteiger partial charge < -0.3 is 25.1 Å². The van der Waals surface area contributed by atoms with Crippen LogP contribution in [0.25, 0.3) is 22.4 Å². The van der Waals surface area contributed by atoms with Gasteiger partial charge in [0.15, 0.2) is 0 Å². The molecule has 0 atom stereocenters. The standard InChI is InChI=1S/C24H19F3N4O4/c1-34-17-8-6-16(7-9-17)29-23(33)15-5-10-20-19(12-15)30-22(31(20)13-21(28)32)14-3-2-4-18(11-14)35-24(25,26)27/h2-12H,13H2,1H3,(H2,28,32)(H,29,33). The minimum atomic E-state index is -4.86. The van der Waals surface area contributed by atoms with E-state index >= 15 is 0 Å². The first-order valence-corrected chi connectivity index (χ1v) is 10.2. The first-order valence-electron chi connectivity index (χ1n) is 10.2. The van der Waals surface area contributed by atoms with Crippen LogP contribution in [0.2, 0.25) is 0 Å². The van der Waals surface area contributed by atoms with Gasteiger partial charge >= 0.3 is 6.36 Å². The summed E-state index contributed by atoms with van der Waals surface area (Å²) in [6, 6.07) is 16.6. The number of halogens is 3. The summed E-state index contributed by atoms with van der Waals surface area (Å²) < 4.78 is 48.5. The number of amides is 2. The van der Waals surface area contributed by atoms with Gasteiger partial charge in [-0.1, -0.05) is 12.1 Å². The van der Waals surface area contributed by atoms with E-state index in [4.69, 9.17) is 10.5 Å². The summed E-state index contributed by atoms with van der Waals surface area (Å²) in [6.07, 6.45) is -4.86. The molecule has 0 saturated heterocycles. The third-order valence-corrected chi connectivity index (χ3v) is 5.00. The van der Waals surface area contributed by atoms with Crippen molar-refractivity contribution in [2.45, 2.75) is 12.9 Å². The van der Waals surface area contributed by atoms with Crippen molar-refractivity contribution >= 4 is 28.5 Å². The van der Waals surface area contributed by atoms with Gasteiger partial charge in [0.2, 0.25) is 5.91 Å². The second-order valence-corrected chi connectivity index (χ2v) is 7.45. The van der Waals surface area contributed by atoms with Crippen LogP contribution in [0.3, 0.4) is 0 Å². The van der Waals surface area contributed by atoms with Crippen molar-refractivity contribution in [3.05, 3.63) is 72.3 Å². The average Bonchev–Trinajstić information content (AvgIpc) is 3.15. The summed E-state index contributed by atoms with van der Waals surface area (Å²) >= 11 is 0. The van der Waals surface area contributed by atoms with Gasteiger partial charge in [-0.25, -0.2) is 4.98 Å². The molecule has 8 nitrogen and oxygen atoms in total. The zero-order chi connectivity index (χ0) is 25.2. The van der Waals surface area contributed by atoms with E-state index in [1.807, 2.05) is 0 Å². The molecule has 0 aliphatic carbocycles. The summed E-state index contributed by atoms with van der Waals surface area (Å²) in [4.78, 5) is 28.9. The Balaban J connectivity index is 1.70. The lowest BCUT2D eigenvalue weighted by atomic mass is 10.1. The average molecular weight is 484 g/mol. The van der Waals surface area contributed by atoms with Crippen LogP contribution in [-0.4, -0.2) is 34.8 Å². The maximum Gasteiger partial charge on any atom is 0.573 e. The molecule has 0 saturated carbocycles. The van der Waals surface area contributed by atoms with Crippen LogP contribution in [0.15, 0.2) is 66.7 Å². The number of benzene rings is 3. The topological polar surface area (TPSA) is 108 Å². The number of imidazole rings is 1. The predicted molar refractivity (Wildman–Crippen MR) is 122 cm³/mol. The number of alkyl halides is 3. The van der Waals surface area contributed by atoms with Crippen molar-refractivity contribution in [3.63, 3.8) is 0 Å². The number of aromatic nitrogens is 2. The number of carbonyl (C=O) groups excluding carboxylic acids is 2. The molecular weight excluding hydrogens is 465 g/mol. The molecule has 0 aliphatic rings. The summed E-state index contributed by atoms with van der Waals surface area (Å²) in [6.45, 7) is -0.270. The van der Waals surface area contributed by atoms with Crippen molar-refractivity contribution in [2.75, 3.05) is 12.4 Å². The van der Waals surface area contributed by atoms with Crippen LogP contribution in [0.5, 0.6) is 11.5 Å². The Morgan fingerprint density at radius 3 is 2.43 bits per heavy atom. The molecule has 0 radical (unpaired) electrons. The maximum absolute atomic E-state index is 12.8. The molecule has 1 aromatic heterocycles. The van der Waals surface area contributed by atoms with Gasteiger partial charge in [-0.15, -0.1) is 13.2 Å². The molecular formula is C24H19F3N4O4. The molecule has 0 bridgehead atoms. The number of carbonyl (C=O) groups is 2.